The summed E-state index contributed by atoms with van der Waals surface area (Å²) in [6.07, 6.45) is 5.28. The Hall–Kier alpha value is -2.76. The Morgan fingerprint density at radius 1 is 0.958 bits per heavy atom. The first kappa shape index (κ1) is 14.8. The van der Waals surface area contributed by atoms with Gasteiger partial charge in [0.25, 0.3) is 0 Å². The molecule has 0 bridgehead atoms. The molecule has 1 aliphatic rings. The molecule has 3 heterocycles. The average molecular weight is 323 g/mol. The largest absolute Gasteiger partial charge is 0.368 e. The maximum absolute atomic E-state index is 13.2. The van der Waals surface area contributed by atoms with Crippen LogP contribution in [0.4, 0.5) is 16.2 Å². The van der Waals surface area contributed by atoms with E-state index in [2.05, 4.69) is 19.9 Å². The van der Waals surface area contributed by atoms with Crippen molar-refractivity contribution in [1.29, 1.82) is 0 Å². The van der Waals surface area contributed by atoms with E-state index in [-0.39, 0.29) is 11.8 Å². The number of piperidine rings is 1. The van der Waals surface area contributed by atoms with Crippen molar-refractivity contribution in [3.05, 3.63) is 42.3 Å². The Morgan fingerprint density at radius 3 is 2.46 bits per heavy atom. The van der Waals surface area contributed by atoms with Gasteiger partial charge in [-0.05, 0) is 43.0 Å². The van der Waals surface area contributed by atoms with Crippen molar-refractivity contribution in [2.45, 2.75) is 19.3 Å². The number of pyridine rings is 1. The van der Waals surface area contributed by atoms with Crippen LogP contribution in [0.15, 0.2) is 36.5 Å². The van der Waals surface area contributed by atoms with E-state index in [9.17, 15) is 4.39 Å². The fourth-order valence-electron chi connectivity index (χ4n) is 3.16. The van der Waals surface area contributed by atoms with Gasteiger partial charge in [-0.1, -0.05) is 12.1 Å². The molecule has 122 valence electrons. The van der Waals surface area contributed by atoms with Gasteiger partial charge in [-0.3, -0.25) is 0 Å². The maximum Gasteiger partial charge on any atom is 0.224 e. The van der Waals surface area contributed by atoms with Crippen LogP contribution in [-0.4, -0.2) is 28.0 Å². The Bertz CT molecular complexity index is 872. The zero-order chi connectivity index (χ0) is 16.5. The van der Waals surface area contributed by atoms with Gasteiger partial charge in [-0.25, -0.2) is 9.37 Å². The minimum atomic E-state index is -0.252. The second kappa shape index (κ2) is 6.03. The summed E-state index contributed by atoms with van der Waals surface area (Å²) < 4.78 is 13.2. The number of benzene rings is 1. The highest BCUT2D eigenvalue weighted by Crippen LogP contribution is 2.30. The van der Waals surface area contributed by atoms with Gasteiger partial charge in [-0.15, -0.1) is 0 Å². The molecule has 2 N–H and O–H groups in total. The van der Waals surface area contributed by atoms with E-state index >= 15 is 0 Å². The van der Waals surface area contributed by atoms with E-state index in [1.165, 1.54) is 18.6 Å². The molecule has 6 heteroatoms. The molecule has 1 aliphatic heterocycles. The summed E-state index contributed by atoms with van der Waals surface area (Å²) in [6.45, 7) is 1.93. The molecule has 0 spiro atoms. The molecule has 0 unspecified atom stereocenters. The Labute approximate surface area is 139 Å². The summed E-state index contributed by atoms with van der Waals surface area (Å²) in [4.78, 5) is 15.4. The van der Waals surface area contributed by atoms with Gasteiger partial charge in [0.1, 0.15) is 11.6 Å². The molecule has 1 fully saturated rings. The first-order chi connectivity index (χ1) is 11.7. The van der Waals surface area contributed by atoms with Crippen molar-refractivity contribution in [3.63, 3.8) is 0 Å². The highest BCUT2D eigenvalue weighted by Gasteiger charge is 2.17. The van der Waals surface area contributed by atoms with Crippen LogP contribution in [0, 0.1) is 5.82 Å². The van der Waals surface area contributed by atoms with Gasteiger partial charge in [0.05, 0.1) is 5.39 Å². The van der Waals surface area contributed by atoms with Gasteiger partial charge < -0.3 is 10.6 Å². The fraction of sp³-hybridized carbons (Fsp3) is 0.278. The first-order valence-corrected chi connectivity index (χ1v) is 8.15. The number of nitrogen functional groups attached to an aromatic ring is 1. The van der Waals surface area contributed by atoms with Crippen LogP contribution in [0.5, 0.6) is 0 Å². The minimum Gasteiger partial charge on any atom is -0.368 e. The lowest BCUT2D eigenvalue weighted by Crippen LogP contribution is -2.30. The topological polar surface area (TPSA) is 67.9 Å². The summed E-state index contributed by atoms with van der Waals surface area (Å²) in [5.41, 5.74) is 8.28. The molecular formula is C18H18FN5. The molecule has 4 rings (SSSR count). The van der Waals surface area contributed by atoms with Crippen LogP contribution in [0.25, 0.3) is 22.2 Å². The van der Waals surface area contributed by atoms with E-state index in [4.69, 9.17) is 5.73 Å². The zero-order valence-electron chi connectivity index (χ0n) is 13.2. The number of hydrogen-bond acceptors (Lipinski definition) is 5. The monoisotopic (exact) mass is 323 g/mol. The van der Waals surface area contributed by atoms with Crippen LogP contribution in [0.2, 0.25) is 0 Å². The van der Waals surface area contributed by atoms with Crippen molar-refractivity contribution in [3.8, 4) is 11.1 Å². The van der Waals surface area contributed by atoms with Crippen LogP contribution in [-0.2, 0) is 0 Å². The molecule has 2 aromatic heterocycles. The number of fused-ring (bicyclic) bond motifs is 1. The van der Waals surface area contributed by atoms with Crippen molar-refractivity contribution >= 4 is 22.8 Å². The summed E-state index contributed by atoms with van der Waals surface area (Å²) in [5.74, 6) is 0.830. The highest BCUT2D eigenvalue weighted by atomic mass is 19.1. The van der Waals surface area contributed by atoms with Crippen LogP contribution < -0.4 is 10.6 Å². The number of nitrogens with zero attached hydrogens (tertiary/aromatic N) is 4. The number of hydrogen-bond donors (Lipinski definition) is 1. The predicted octanol–water partition coefficient (Wildman–Crippen LogP) is 3.40. The normalized spacial score (nSPS) is 15.0. The minimum absolute atomic E-state index is 0.241. The fourth-order valence-corrected chi connectivity index (χ4v) is 3.16. The van der Waals surface area contributed by atoms with Crippen LogP contribution in [0.1, 0.15) is 19.3 Å². The highest BCUT2D eigenvalue weighted by molar-refractivity contribution is 5.91. The second-order valence-electron chi connectivity index (χ2n) is 6.06. The summed E-state index contributed by atoms with van der Waals surface area (Å²) in [7, 11) is 0. The lowest BCUT2D eigenvalue weighted by atomic mass is 10.1. The van der Waals surface area contributed by atoms with Crippen molar-refractivity contribution in [2.75, 3.05) is 23.7 Å². The average Bonchev–Trinajstić information content (AvgIpc) is 2.62. The second-order valence-corrected chi connectivity index (χ2v) is 6.06. The molecule has 0 amide bonds. The molecule has 0 atom stereocenters. The third-order valence-corrected chi connectivity index (χ3v) is 4.38. The van der Waals surface area contributed by atoms with E-state index in [0.717, 1.165) is 48.3 Å². The lowest BCUT2D eigenvalue weighted by Gasteiger charge is -2.28. The number of aromatic nitrogens is 3. The van der Waals surface area contributed by atoms with Gasteiger partial charge in [0, 0.05) is 24.8 Å². The molecule has 0 radical (unpaired) electrons. The van der Waals surface area contributed by atoms with E-state index < -0.39 is 0 Å². The van der Waals surface area contributed by atoms with Gasteiger partial charge in [-0.2, -0.15) is 9.97 Å². The molecule has 0 saturated carbocycles. The third kappa shape index (κ3) is 2.75. The predicted molar refractivity (Wildman–Crippen MR) is 93.2 cm³/mol. The number of nitrogens with two attached hydrogens (primary N) is 1. The molecule has 1 saturated heterocycles. The van der Waals surface area contributed by atoms with Gasteiger partial charge >= 0.3 is 0 Å². The summed E-state index contributed by atoms with van der Waals surface area (Å²) in [6, 6.07) is 8.40. The summed E-state index contributed by atoms with van der Waals surface area (Å²) >= 11 is 0. The van der Waals surface area contributed by atoms with Crippen LogP contribution >= 0.6 is 0 Å². The molecular weight excluding hydrogens is 305 g/mol. The molecule has 1 aromatic carbocycles. The molecule has 24 heavy (non-hydrogen) atoms. The Morgan fingerprint density at radius 2 is 1.71 bits per heavy atom. The number of halogens is 1. The van der Waals surface area contributed by atoms with E-state index in [0.29, 0.717) is 5.65 Å². The smallest absolute Gasteiger partial charge is 0.224 e. The maximum atomic E-state index is 13.2. The zero-order valence-corrected chi connectivity index (χ0v) is 13.2. The van der Waals surface area contributed by atoms with E-state index in [1.807, 2.05) is 6.07 Å². The third-order valence-electron chi connectivity index (χ3n) is 4.38. The van der Waals surface area contributed by atoms with Gasteiger partial charge in [0.2, 0.25) is 5.95 Å². The summed E-state index contributed by atoms with van der Waals surface area (Å²) in [5, 5.41) is 0.882. The standard InChI is InChI=1S/C18H18FN5/c19-14-6-4-12(5-7-14)13-10-15-16(21-11-13)22-18(20)23-17(15)24-8-2-1-3-9-24/h4-7,10-11H,1-3,8-9H2,(H2,20,21,22,23). The lowest BCUT2D eigenvalue weighted by molar-refractivity contribution is 0.575. The molecule has 5 nitrogen and oxygen atoms in total. The van der Waals surface area contributed by atoms with E-state index in [1.54, 1.807) is 18.3 Å². The van der Waals surface area contributed by atoms with Crippen molar-refractivity contribution in [1.82, 2.24) is 15.0 Å². The molecule has 0 aliphatic carbocycles. The van der Waals surface area contributed by atoms with Crippen molar-refractivity contribution < 1.29 is 4.39 Å². The SMILES string of the molecule is Nc1nc(N2CCCCC2)c2cc(-c3ccc(F)cc3)cnc2n1. The number of rotatable bonds is 2. The Kier molecular flexibility index (Phi) is 3.72. The van der Waals surface area contributed by atoms with Crippen molar-refractivity contribution in [2.24, 2.45) is 0 Å². The first-order valence-electron chi connectivity index (χ1n) is 8.15. The quantitative estimate of drug-likeness (QED) is 0.783. The van der Waals surface area contributed by atoms with Gasteiger partial charge in [0.15, 0.2) is 5.65 Å². The van der Waals surface area contributed by atoms with Crippen LogP contribution in [0.3, 0.4) is 0 Å². The number of anilines is 2. The molecule has 3 aromatic rings. The Balaban J connectivity index is 1.85.